The average molecular weight is 585 g/mol. The Bertz CT molecular complexity index is 1430. The number of aliphatic hydroxyl groups excluding tert-OH is 1. The normalized spacial score (nSPS) is 26.8. The monoisotopic (exact) mass is 584 g/mol. The molecule has 0 saturated heterocycles. The van der Waals surface area contributed by atoms with E-state index in [1.807, 2.05) is 0 Å². The molecule has 1 saturated carbocycles. The summed E-state index contributed by atoms with van der Waals surface area (Å²) < 4.78 is 4.82. The number of rotatable bonds is 7. The highest BCUT2D eigenvalue weighted by atomic mass is 16.5. The lowest BCUT2D eigenvalue weighted by Crippen LogP contribution is -2.68. The van der Waals surface area contributed by atoms with Gasteiger partial charge in [0.05, 0.1) is 31.2 Å². The number of fused-ring (bicyclic) bond motifs is 3. The molecule has 0 radical (unpaired) electrons. The fourth-order valence-electron chi connectivity index (χ4n) is 6.78. The Balaban J connectivity index is 1.89. The second-order valence-electron chi connectivity index (χ2n) is 11.4. The van der Waals surface area contributed by atoms with Gasteiger partial charge in [0.1, 0.15) is 17.1 Å². The second-order valence-corrected chi connectivity index (χ2v) is 11.4. The molecule has 3 unspecified atom stereocenters. The number of benzene rings is 1. The number of hydrogen-bond acceptors (Lipinski definition) is 11. The standard InChI is InChI=1S/C29H36N4O9/c1-7-8-33(28(40)42-6)12-14-11-17(31(2)3)15-9-13-10-16-21(32(4)5)24(36)20(27(30)39)26(38)29(16,41)25(37)18(13)23(35)19(15)22(14)34/h7,11,13,16,18,21,34,38,41H,1,8-10,12H2,2-6H3,(H2,30,39)/t13?,16?,18?,21-,29-/m0/s1. The fourth-order valence-corrected chi connectivity index (χ4v) is 6.78. The molecule has 4 rings (SSSR count). The van der Waals surface area contributed by atoms with Crippen LogP contribution >= 0.6 is 0 Å². The van der Waals surface area contributed by atoms with E-state index in [1.165, 1.54) is 37.1 Å². The molecule has 1 aromatic carbocycles. The highest BCUT2D eigenvalue weighted by molar-refractivity contribution is 6.25. The summed E-state index contributed by atoms with van der Waals surface area (Å²) in [5.41, 5.74) is 2.88. The van der Waals surface area contributed by atoms with E-state index in [1.54, 1.807) is 25.1 Å². The zero-order chi connectivity index (χ0) is 31.4. The quantitative estimate of drug-likeness (QED) is 0.196. The summed E-state index contributed by atoms with van der Waals surface area (Å²) in [5.74, 6) is -8.91. The average Bonchev–Trinajstić information content (AvgIpc) is 2.90. The minimum atomic E-state index is -2.73. The molecule has 3 aliphatic rings. The Morgan fingerprint density at radius 3 is 2.33 bits per heavy atom. The van der Waals surface area contributed by atoms with E-state index in [2.05, 4.69) is 6.58 Å². The van der Waals surface area contributed by atoms with Gasteiger partial charge in [-0.1, -0.05) is 6.08 Å². The largest absolute Gasteiger partial charge is 0.508 e. The molecular formula is C29H36N4O9. The van der Waals surface area contributed by atoms with Crippen molar-refractivity contribution in [2.24, 2.45) is 23.5 Å². The maximum atomic E-state index is 14.1. The fraction of sp³-hybridized carbons (Fsp3) is 0.483. The molecule has 13 heteroatoms. The molecule has 5 atom stereocenters. The molecule has 42 heavy (non-hydrogen) atoms. The van der Waals surface area contributed by atoms with Gasteiger partial charge in [-0.15, -0.1) is 6.58 Å². The van der Waals surface area contributed by atoms with Crippen molar-refractivity contribution in [3.8, 4) is 5.75 Å². The van der Waals surface area contributed by atoms with Crippen LogP contribution in [-0.2, 0) is 32.1 Å². The van der Waals surface area contributed by atoms with Crippen LogP contribution in [0.2, 0.25) is 0 Å². The molecule has 0 aliphatic heterocycles. The van der Waals surface area contributed by atoms with E-state index in [-0.39, 0.29) is 37.1 Å². The van der Waals surface area contributed by atoms with Gasteiger partial charge in [0.15, 0.2) is 23.0 Å². The number of aromatic hydroxyl groups is 1. The molecule has 0 spiro atoms. The van der Waals surface area contributed by atoms with E-state index >= 15 is 0 Å². The number of primary amides is 1. The third-order valence-corrected chi connectivity index (χ3v) is 8.60. The number of carbonyl (C=O) groups excluding carboxylic acids is 5. The van der Waals surface area contributed by atoms with Gasteiger partial charge in [-0.05, 0) is 44.5 Å². The number of ketones is 3. The predicted octanol–water partition coefficient (Wildman–Crippen LogP) is 0.314. The number of carbonyl (C=O) groups is 5. The number of likely N-dealkylation sites (N-methyl/N-ethyl adjacent to an activating group) is 1. The minimum absolute atomic E-state index is 0.0202. The number of aliphatic hydroxyl groups is 2. The summed E-state index contributed by atoms with van der Waals surface area (Å²) in [6.07, 6.45) is 0.909. The Labute approximate surface area is 242 Å². The van der Waals surface area contributed by atoms with Crippen LogP contribution in [0.1, 0.15) is 27.9 Å². The molecular weight excluding hydrogens is 548 g/mol. The first-order valence-electron chi connectivity index (χ1n) is 13.4. The smallest absolute Gasteiger partial charge is 0.410 e. The molecule has 13 nitrogen and oxygen atoms in total. The van der Waals surface area contributed by atoms with E-state index in [0.29, 0.717) is 11.3 Å². The number of phenolic OH excluding ortho intramolecular Hbond substituents is 1. The maximum Gasteiger partial charge on any atom is 0.410 e. The molecule has 0 heterocycles. The van der Waals surface area contributed by atoms with Crippen molar-refractivity contribution in [2.45, 2.75) is 31.0 Å². The van der Waals surface area contributed by atoms with E-state index in [0.717, 1.165) is 0 Å². The third-order valence-electron chi connectivity index (χ3n) is 8.60. The number of ether oxygens (including phenoxy) is 1. The van der Waals surface area contributed by atoms with Crippen LogP contribution in [0.5, 0.6) is 5.75 Å². The second kappa shape index (κ2) is 10.9. The van der Waals surface area contributed by atoms with Crippen molar-refractivity contribution in [3.05, 3.63) is 46.7 Å². The number of nitrogens with zero attached hydrogens (tertiary/aromatic N) is 3. The number of anilines is 1. The molecule has 0 bridgehead atoms. The van der Waals surface area contributed by atoms with E-state index in [4.69, 9.17) is 10.5 Å². The van der Waals surface area contributed by atoms with Gasteiger partial charge in [0.2, 0.25) is 0 Å². The van der Waals surface area contributed by atoms with E-state index in [9.17, 15) is 39.3 Å². The number of Topliss-reactive ketones (excluding diaryl/α,β-unsaturated/α-hetero) is 3. The molecule has 1 fully saturated rings. The van der Waals surface area contributed by atoms with Gasteiger partial charge >= 0.3 is 6.09 Å². The topological polar surface area (TPSA) is 191 Å². The zero-order valence-electron chi connectivity index (χ0n) is 24.2. The molecule has 226 valence electrons. The molecule has 0 aromatic heterocycles. The van der Waals surface area contributed by atoms with Gasteiger partial charge in [0, 0.05) is 37.8 Å². The van der Waals surface area contributed by atoms with Crippen molar-refractivity contribution < 1.29 is 44.0 Å². The van der Waals surface area contributed by atoms with Crippen molar-refractivity contribution in [3.63, 3.8) is 0 Å². The lowest BCUT2D eigenvalue weighted by atomic mass is 9.54. The van der Waals surface area contributed by atoms with Gasteiger partial charge in [-0.3, -0.25) is 24.1 Å². The van der Waals surface area contributed by atoms with Crippen LogP contribution in [0.4, 0.5) is 10.5 Å². The minimum Gasteiger partial charge on any atom is -0.508 e. The summed E-state index contributed by atoms with van der Waals surface area (Å²) in [6, 6.07) is 0.482. The highest BCUT2D eigenvalue weighted by Crippen LogP contribution is 2.53. The number of hydrogen-bond donors (Lipinski definition) is 4. The van der Waals surface area contributed by atoms with Crippen molar-refractivity contribution in [1.29, 1.82) is 0 Å². The SMILES string of the molecule is C=CCN(Cc1cc(N(C)C)c2c(c1O)C(=O)C1C(=O)[C@]3(O)C(O)=C(C(N)=O)C(=O)[C@@H](N(C)C)C3CC1C2)C(=O)OC. The Kier molecular flexibility index (Phi) is 7.96. The molecule has 1 aromatic rings. The van der Waals surface area contributed by atoms with Crippen molar-refractivity contribution in [2.75, 3.05) is 46.7 Å². The molecule has 3 aliphatic carbocycles. The first kappa shape index (κ1) is 30.7. The van der Waals surface area contributed by atoms with Gasteiger partial charge in [0.25, 0.3) is 5.91 Å². The lowest BCUT2D eigenvalue weighted by Gasteiger charge is -2.52. The van der Waals surface area contributed by atoms with Crippen LogP contribution in [0.15, 0.2) is 30.1 Å². The van der Waals surface area contributed by atoms with Gasteiger partial charge < -0.3 is 35.6 Å². The van der Waals surface area contributed by atoms with Gasteiger partial charge in [-0.25, -0.2) is 4.79 Å². The summed E-state index contributed by atoms with van der Waals surface area (Å²) in [5, 5.41) is 34.2. The number of amides is 2. The van der Waals surface area contributed by atoms with Crippen LogP contribution in [0, 0.1) is 17.8 Å². The van der Waals surface area contributed by atoms with Crippen LogP contribution in [-0.4, -0.2) is 108 Å². The first-order valence-corrected chi connectivity index (χ1v) is 13.4. The van der Waals surface area contributed by atoms with Crippen LogP contribution in [0.3, 0.4) is 0 Å². The summed E-state index contributed by atoms with van der Waals surface area (Å²) >= 11 is 0. The Hall–Kier alpha value is -4.23. The summed E-state index contributed by atoms with van der Waals surface area (Å²) in [7, 11) is 7.77. The third kappa shape index (κ3) is 4.43. The Morgan fingerprint density at radius 2 is 1.81 bits per heavy atom. The number of nitrogens with two attached hydrogens (primary N) is 1. The van der Waals surface area contributed by atoms with Crippen LogP contribution in [0.25, 0.3) is 0 Å². The number of phenols is 1. The molecule has 2 amide bonds. The molecule has 5 N–H and O–H groups in total. The lowest BCUT2D eigenvalue weighted by molar-refractivity contribution is -0.163. The zero-order valence-corrected chi connectivity index (χ0v) is 24.2. The summed E-state index contributed by atoms with van der Waals surface area (Å²) in [4.78, 5) is 70.4. The van der Waals surface area contributed by atoms with Gasteiger partial charge in [-0.2, -0.15) is 0 Å². The first-order chi connectivity index (χ1) is 19.6. The predicted molar refractivity (Wildman–Crippen MR) is 150 cm³/mol. The maximum absolute atomic E-state index is 14.1. The van der Waals surface area contributed by atoms with Crippen LogP contribution < -0.4 is 10.6 Å². The van der Waals surface area contributed by atoms with Crippen molar-refractivity contribution >= 4 is 35.0 Å². The summed E-state index contributed by atoms with van der Waals surface area (Å²) in [6.45, 7) is 3.58. The number of methoxy groups -OCH3 is 1. The Morgan fingerprint density at radius 1 is 1.17 bits per heavy atom. The van der Waals surface area contributed by atoms with Crippen molar-refractivity contribution in [1.82, 2.24) is 9.80 Å². The van der Waals surface area contributed by atoms with E-state index < -0.39 is 75.8 Å². The highest BCUT2D eigenvalue weighted by Gasteiger charge is 2.66.